The number of nitro groups is 1. The Kier molecular flexibility index (Phi) is 6.86. The fourth-order valence-electron chi connectivity index (χ4n) is 3.17. The maximum absolute atomic E-state index is 12.3. The minimum Gasteiger partial charge on any atom is -0.496 e. The van der Waals surface area contributed by atoms with E-state index in [9.17, 15) is 14.9 Å². The van der Waals surface area contributed by atoms with Crippen molar-refractivity contribution in [1.82, 2.24) is 15.1 Å². The molecule has 2 aromatic carbocycles. The minimum absolute atomic E-state index is 0.00370. The van der Waals surface area contributed by atoms with Gasteiger partial charge >= 0.3 is 5.69 Å². The van der Waals surface area contributed by atoms with Crippen molar-refractivity contribution in [2.75, 3.05) is 13.7 Å². The summed E-state index contributed by atoms with van der Waals surface area (Å²) >= 11 is 0. The standard InChI is InChI=1S/C22H24N4O5/c1-15-19(16(2)25(24-15)13-17-7-5-4-6-8-17)12-23-22(27)14-31-21-10-9-18(30-3)11-20(21)26(28)29/h4-11H,12-14H2,1-3H3,(H,23,27). The van der Waals surface area contributed by atoms with E-state index in [-0.39, 0.29) is 24.0 Å². The van der Waals surface area contributed by atoms with Crippen LogP contribution in [0.1, 0.15) is 22.5 Å². The monoisotopic (exact) mass is 424 g/mol. The molecule has 1 aromatic heterocycles. The number of carbonyl (C=O) groups excluding carboxylic acids is 1. The third kappa shape index (κ3) is 5.39. The summed E-state index contributed by atoms with van der Waals surface area (Å²) < 4.78 is 12.3. The number of amides is 1. The molecule has 0 atom stereocenters. The zero-order valence-corrected chi connectivity index (χ0v) is 17.6. The highest BCUT2D eigenvalue weighted by molar-refractivity contribution is 5.77. The van der Waals surface area contributed by atoms with Crippen LogP contribution in [0, 0.1) is 24.0 Å². The third-order valence-corrected chi connectivity index (χ3v) is 4.89. The summed E-state index contributed by atoms with van der Waals surface area (Å²) in [5.74, 6) is -0.0503. The van der Waals surface area contributed by atoms with Crippen LogP contribution < -0.4 is 14.8 Å². The summed E-state index contributed by atoms with van der Waals surface area (Å²) in [5, 5.41) is 18.6. The SMILES string of the molecule is COc1ccc(OCC(=O)NCc2c(C)nn(Cc3ccccc3)c2C)c([N+](=O)[O-])c1. The van der Waals surface area contributed by atoms with Crippen LogP contribution in [0.5, 0.6) is 11.5 Å². The molecule has 9 nitrogen and oxygen atoms in total. The zero-order valence-electron chi connectivity index (χ0n) is 17.6. The molecule has 0 aliphatic carbocycles. The number of benzene rings is 2. The number of methoxy groups -OCH3 is 1. The molecule has 3 aromatic rings. The molecule has 0 unspecified atom stereocenters. The second-order valence-electron chi connectivity index (χ2n) is 6.95. The molecule has 0 fully saturated rings. The van der Waals surface area contributed by atoms with Crippen molar-refractivity contribution >= 4 is 11.6 Å². The van der Waals surface area contributed by atoms with Crippen LogP contribution in [0.25, 0.3) is 0 Å². The van der Waals surface area contributed by atoms with Gasteiger partial charge in [-0.25, -0.2) is 0 Å². The van der Waals surface area contributed by atoms with Crippen molar-refractivity contribution in [1.29, 1.82) is 0 Å². The Balaban J connectivity index is 1.60. The van der Waals surface area contributed by atoms with E-state index in [4.69, 9.17) is 9.47 Å². The quantitative estimate of drug-likeness (QED) is 0.418. The Labute approximate surface area is 179 Å². The first-order valence-corrected chi connectivity index (χ1v) is 9.67. The number of hydrogen-bond donors (Lipinski definition) is 1. The fourth-order valence-corrected chi connectivity index (χ4v) is 3.17. The van der Waals surface area contributed by atoms with Crippen LogP contribution in [-0.4, -0.2) is 34.3 Å². The van der Waals surface area contributed by atoms with Gasteiger partial charge in [-0.1, -0.05) is 30.3 Å². The van der Waals surface area contributed by atoms with E-state index in [2.05, 4.69) is 10.4 Å². The predicted octanol–water partition coefficient (Wildman–Crippen LogP) is 3.16. The van der Waals surface area contributed by atoms with Crippen LogP contribution >= 0.6 is 0 Å². The molecule has 0 radical (unpaired) electrons. The molecule has 0 aliphatic rings. The molecular weight excluding hydrogens is 400 g/mol. The Morgan fingerprint density at radius 2 is 1.94 bits per heavy atom. The summed E-state index contributed by atoms with van der Waals surface area (Å²) in [4.78, 5) is 22.9. The first-order valence-electron chi connectivity index (χ1n) is 9.67. The van der Waals surface area contributed by atoms with Gasteiger partial charge in [-0.2, -0.15) is 5.10 Å². The molecule has 0 aliphatic heterocycles. The molecular formula is C22H24N4O5. The molecule has 31 heavy (non-hydrogen) atoms. The maximum Gasteiger partial charge on any atom is 0.314 e. The number of carbonyl (C=O) groups is 1. The average Bonchev–Trinajstić information content (AvgIpc) is 3.03. The number of ether oxygens (including phenoxy) is 2. The topological polar surface area (TPSA) is 109 Å². The lowest BCUT2D eigenvalue weighted by molar-refractivity contribution is -0.385. The number of hydrogen-bond acceptors (Lipinski definition) is 6. The van der Waals surface area contributed by atoms with E-state index in [0.29, 0.717) is 18.8 Å². The van der Waals surface area contributed by atoms with Gasteiger partial charge in [-0.05, 0) is 31.5 Å². The van der Waals surface area contributed by atoms with Gasteiger partial charge in [-0.15, -0.1) is 0 Å². The van der Waals surface area contributed by atoms with Gasteiger partial charge in [0.25, 0.3) is 5.91 Å². The lowest BCUT2D eigenvalue weighted by atomic mass is 10.2. The molecule has 0 bridgehead atoms. The summed E-state index contributed by atoms with van der Waals surface area (Å²) in [6.45, 7) is 4.45. The third-order valence-electron chi connectivity index (χ3n) is 4.89. The lowest BCUT2D eigenvalue weighted by Gasteiger charge is -2.09. The molecule has 0 spiro atoms. The van der Waals surface area contributed by atoms with Crippen LogP contribution in [0.15, 0.2) is 48.5 Å². The van der Waals surface area contributed by atoms with Gasteiger partial charge in [0, 0.05) is 17.8 Å². The van der Waals surface area contributed by atoms with Gasteiger partial charge in [0.15, 0.2) is 12.4 Å². The van der Waals surface area contributed by atoms with Crippen molar-refractivity contribution in [2.24, 2.45) is 0 Å². The Bertz CT molecular complexity index is 1080. The van der Waals surface area contributed by atoms with E-state index in [1.807, 2.05) is 48.9 Å². The Hall–Kier alpha value is -3.88. The van der Waals surface area contributed by atoms with Gasteiger partial charge in [0.05, 0.1) is 30.3 Å². The van der Waals surface area contributed by atoms with Crippen LogP contribution in [0.4, 0.5) is 5.69 Å². The summed E-state index contributed by atoms with van der Waals surface area (Å²) in [6.07, 6.45) is 0. The maximum atomic E-state index is 12.3. The first-order chi connectivity index (χ1) is 14.9. The van der Waals surface area contributed by atoms with Gasteiger partial charge < -0.3 is 14.8 Å². The van der Waals surface area contributed by atoms with Gasteiger partial charge in [-0.3, -0.25) is 19.6 Å². The molecule has 9 heteroatoms. The largest absolute Gasteiger partial charge is 0.496 e. The lowest BCUT2D eigenvalue weighted by Crippen LogP contribution is -2.29. The Morgan fingerprint density at radius 3 is 2.61 bits per heavy atom. The van der Waals surface area contributed by atoms with E-state index in [1.165, 1.54) is 25.3 Å². The van der Waals surface area contributed by atoms with Crippen molar-refractivity contribution in [3.8, 4) is 11.5 Å². The number of aromatic nitrogens is 2. The number of nitrogens with zero attached hydrogens (tertiary/aromatic N) is 3. The fraction of sp³-hybridized carbons (Fsp3) is 0.273. The molecule has 0 saturated carbocycles. The van der Waals surface area contributed by atoms with Crippen molar-refractivity contribution in [3.63, 3.8) is 0 Å². The van der Waals surface area contributed by atoms with Crippen molar-refractivity contribution < 1.29 is 19.2 Å². The normalized spacial score (nSPS) is 10.5. The zero-order chi connectivity index (χ0) is 22.4. The highest BCUT2D eigenvalue weighted by Gasteiger charge is 2.18. The Morgan fingerprint density at radius 1 is 1.19 bits per heavy atom. The summed E-state index contributed by atoms with van der Waals surface area (Å²) in [6, 6.07) is 14.2. The average molecular weight is 424 g/mol. The van der Waals surface area contributed by atoms with E-state index in [0.717, 1.165) is 22.5 Å². The second kappa shape index (κ2) is 9.75. The summed E-state index contributed by atoms with van der Waals surface area (Å²) in [5.41, 5.74) is 3.60. The molecule has 0 saturated heterocycles. The molecule has 1 N–H and O–H groups in total. The van der Waals surface area contributed by atoms with Crippen LogP contribution in [-0.2, 0) is 17.9 Å². The minimum atomic E-state index is -0.580. The molecule has 1 heterocycles. The molecule has 162 valence electrons. The van der Waals surface area contributed by atoms with Crippen LogP contribution in [0.2, 0.25) is 0 Å². The first kappa shape index (κ1) is 21.8. The van der Waals surface area contributed by atoms with Crippen molar-refractivity contribution in [2.45, 2.75) is 26.9 Å². The van der Waals surface area contributed by atoms with E-state index in [1.54, 1.807) is 0 Å². The highest BCUT2D eigenvalue weighted by atomic mass is 16.6. The van der Waals surface area contributed by atoms with Gasteiger partial charge in [0.1, 0.15) is 5.75 Å². The van der Waals surface area contributed by atoms with Crippen molar-refractivity contribution in [3.05, 3.63) is 81.2 Å². The number of aryl methyl sites for hydroxylation is 1. The number of nitrogens with one attached hydrogen (secondary N) is 1. The number of rotatable bonds is 9. The molecule has 3 rings (SSSR count). The molecule has 1 amide bonds. The van der Waals surface area contributed by atoms with E-state index >= 15 is 0 Å². The predicted molar refractivity (Wildman–Crippen MR) is 114 cm³/mol. The number of nitro benzene ring substituents is 1. The second-order valence-corrected chi connectivity index (χ2v) is 6.95. The van der Waals surface area contributed by atoms with Gasteiger partial charge in [0.2, 0.25) is 0 Å². The highest BCUT2D eigenvalue weighted by Crippen LogP contribution is 2.30. The smallest absolute Gasteiger partial charge is 0.314 e. The van der Waals surface area contributed by atoms with Crippen LogP contribution in [0.3, 0.4) is 0 Å². The van der Waals surface area contributed by atoms with E-state index < -0.39 is 4.92 Å². The summed E-state index contributed by atoms with van der Waals surface area (Å²) in [7, 11) is 1.42.